The van der Waals surface area contributed by atoms with Crippen molar-refractivity contribution in [3.05, 3.63) is 48.9 Å². The number of carbonyl (C=O) groups is 1. The second kappa shape index (κ2) is 5.34. The van der Waals surface area contributed by atoms with E-state index in [2.05, 4.69) is 9.97 Å². The molecule has 0 saturated heterocycles. The Morgan fingerprint density at radius 3 is 3.00 bits per heavy atom. The van der Waals surface area contributed by atoms with Gasteiger partial charge in [0.2, 0.25) is 0 Å². The molecular weight excluding hydrogens is 274 g/mol. The molecule has 3 rings (SSSR count). The van der Waals surface area contributed by atoms with Gasteiger partial charge in [0.1, 0.15) is 0 Å². The Morgan fingerprint density at radius 2 is 2.15 bits per heavy atom. The van der Waals surface area contributed by atoms with Crippen LogP contribution in [0.5, 0.6) is 0 Å². The number of carboxylic acid groups (broad SMARTS) is 1. The quantitative estimate of drug-likeness (QED) is 0.746. The maximum Gasteiger partial charge on any atom is 0.313 e. The van der Waals surface area contributed by atoms with Crippen molar-refractivity contribution in [3.63, 3.8) is 0 Å². The van der Waals surface area contributed by atoms with Crippen LogP contribution in [0.15, 0.2) is 54.1 Å². The third kappa shape index (κ3) is 2.50. The van der Waals surface area contributed by atoms with E-state index in [4.69, 9.17) is 5.11 Å². The van der Waals surface area contributed by atoms with Gasteiger partial charge in [0.25, 0.3) is 0 Å². The SMILES string of the molecule is O=C(O)CSc1nccn1-c1ccc2ncccc2c1. The minimum atomic E-state index is -0.854. The molecule has 5 nitrogen and oxygen atoms in total. The molecule has 0 aliphatic rings. The summed E-state index contributed by atoms with van der Waals surface area (Å²) in [6.07, 6.45) is 5.24. The van der Waals surface area contributed by atoms with Crippen LogP contribution in [-0.2, 0) is 4.79 Å². The Bertz CT molecular complexity index is 770. The average Bonchev–Trinajstić information content (AvgIpc) is 2.93. The molecule has 1 aromatic carbocycles. The predicted molar refractivity (Wildman–Crippen MR) is 77.2 cm³/mol. The monoisotopic (exact) mass is 285 g/mol. The maximum atomic E-state index is 10.7. The van der Waals surface area contributed by atoms with Crippen LogP contribution in [0.25, 0.3) is 16.6 Å². The highest BCUT2D eigenvalue weighted by molar-refractivity contribution is 7.99. The summed E-state index contributed by atoms with van der Waals surface area (Å²) in [6, 6.07) is 9.78. The third-order valence-electron chi connectivity index (χ3n) is 2.80. The molecule has 0 spiro atoms. The molecule has 3 aromatic rings. The van der Waals surface area contributed by atoms with Crippen molar-refractivity contribution in [2.75, 3.05) is 5.75 Å². The van der Waals surface area contributed by atoms with E-state index >= 15 is 0 Å². The molecule has 6 heteroatoms. The predicted octanol–water partition coefficient (Wildman–Crippen LogP) is 2.60. The van der Waals surface area contributed by atoms with E-state index in [1.54, 1.807) is 12.4 Å². The lowest BCUT2D eigenvalue weighted by Crippen LogP contribution is -2.01. The van der Waals surface area contributed by atoms with Crippen molar-refractivity contribution in [2.24, 2.45) is 0 Å². The van der Waals surface area contributed by atoms with Crippen LogP contribution in [0.1, 0.15) is 0 Å². The molecule has 0 bridgehead atoms. The van der Waals surface area contributed by atoms with Crippen molar-refractivity contribution in [1.82, 2.24) is 14.5 Å². The van der Waals surface area contributed by atoms with E-state index in [0.29, 0.717) is 5.16 Å². The van der Waals surface area contributed by atoms with Gasteiger partial charge >= 0.3 is 5.97 Å². The highest BCUT2D eigenvalue weighted by Crippen LogP contribution is 2.22. The van der Waals surface area contributed by atoms with Gasteiger partial charge in [-0.25, -0.2) is 4.98 Å². The summed E-state index contributed by atoms with van der Waals surface area (Å²) in [5.74, 6) is -0.862. The van der Waals surface area contributed by atoms with Crippen molar-refractivity contribution < 1.29 is 9.90 Å². The second-order valence-corrected chi connectivity index (χ2v) is 5.09. The highest BCUT2D eigenvalue weighted by atomic mass is 32.2. The molecule has 2 aromatic heterocycles. The van der Waals surface area contributed by atoms with Crippen molar-refractivity contribution in [1.29, 1.82) is 0 Å². The molecule has 0 saturated carbocycles. The van der Waals surface area contributed by atoms with Crippen LogP contribution in [0.3, 0.4) is 0 Å². The first kappa shape index (κ1) is 12.7. The molecule has 2 heterocycles. The van der Waals surface area contributed by atoms with E-state index in [1.165, 1.54) is 11.8 Å². The minimum Gasteiger partial charge on any atom is -0.481 e. The number of nitrogens with zero attached hydrogens (tertiary/aromatic N) is 3. The topological polar surface area (TPSA) is 68.0 Å². The number of imidazole rings is 1. The fourth-order valence-electron chi connectivity index (χ4n) is 1.93. The van der Waals surface area contributed by atoms with Gasteiger partial charge in [-0.2, -0.15) is 0 Å². The summed E-state index contributed by atoms with van der Waals surface area (Å²) in [6.45, 7) is 0. The summed E-state index contributed by atoms with van der Waals surface area (Å²) in [5.41, 5.74) is 1.87. The van der Waals surface area contributed by atoms with Crippen LogP contribution in [0.4, 0.5) is 0 Å². The standard InChI is InChI=1S/C14H11N3O2S/c18-13(19)9-20-14-16-6-7-17(14)11-3-4-12-10(8-11)2-1-5-15-12/h1-8H,9H2,(H,18,19). The number of pyridine rings is 1. The van der Waals surface area contributed by atoms with E-state index in [-0.39, 0.29) is 5.75 Å². The van der Waals surface area contributed by atoms with Gasteiger partial charge in [-0.3, -0.25) is 14.3 Å². The van der Waals surface area contributed by atoms with Crippen molar-refractivity contribution >= 4 is 28.6 Å². The first-order chi connectivity index (χ1) is 9.74. The van der Waals surface area contributed by atoms with E-state index < -0.39 is 5.97 Å². The maximum absolute atomic E-state index is 10.7. The van der Waals surface area contributed by atoms with Crippen LogP contribution in [0, 0.1) is 0 Å². The molecule has 0 unspecified atom stereocenters. The zero-order valence-electron chi connectivity index (χ0n) is 10.4. The molecule has 0 radical (unpaired) electrons. The summed E-state index contributed by atoms with van der Waals surface area (Å²) >= 11 is 1.20. The van der Waals surface area contributed by atoms with Crippen LogP contribution in [-0.4, -0.2) is 31.4 Å². The Morgan fingerprint density at radius 1 is 1.25 bits per heavy atom. The Labute approximate surface area is 119 Å². The average molecular weight is 285 g/mol. The first-order valence-electron chi connectivity index (χ1n) is 5.97. The lowest BCUT2D eigenvalue weighted by Gasteiger charge is -2.07. The number of benzene rings is 1. The third-order valence-corrected chi connectivity index (χ3v) is 3.75. The summed E-state index contributed by atoms with van der Waals surface area (Å²) < 4.78 is 1.88. The number of rotatable bonds is 4. The van der Waals surface area contributed by atoms with Gasteiger partial charge in [-0.15, -0.1) is 0 Å². The zero-order valence-corrected chi connectivity index (χ0v) is 11.2. The lowest BCUT2D eigenvalue weighted by molar-refractivity contribution is -0.133. The fourth-order valence-corrected chi connectivity index (χ4v) is 2.63. The molecular formula is C14H11N3O2S. The van der Waals surface area contributed by atoms with E-state index in [0.717, 1.165) is 16.6 Å². The number of hydrogen-bond donors (Lipinski definition) is 1. The molecule has 0 amide bonds. The molecule has 20 heavy (non-hydrogen) atoms. The zero-order chi connectivity index (χ0) is 13.9. The summed E-state index contributed by atoms with van der Waals surface area (Å²) in [7, 11) is 0. The van der Waals surface area contributed by atoms with Gasteiger partial charge in [-0.05, 0) is 24.3 Å². The normalized spacial score (nSPS) is 10.8. The van der Waals surface area contributed by atoms with Gasteiger partial charge in [0, 0.05) is 29.7 Å². The number of thioether (sulfide) groups is 1. The van der Waals surface area contributed by atoms with Crippen LogP contribution < -0.4 is 0 Å². The van der Waals surface area contributed by atoms with Gasteiger partial charge in [0.15, 0.2) is 5.16 Å². The van der Waals surface area contributed by atoms with E-state index in [9.17, 15) is 4.79 Å². The number of carboxylic acids is 1. The number of fused-ring (bicyclic) bond motifs is 1. The van der Waals surface area contributed by atoms with Crippen LogP contribution in [0.2, 0.25) is 0 Å². The molecule has 100 valence electrons. The van der Waals surface area contributed by atoms with Gasteiger partial charge in [0.05, 0.1) is 11.3 Å². The fraction of sp³-hybridized carbons (Fsp3) is 0.0714. The Kier molecular flexibility index (Phi) is 3.39. The smallest absolute Gasteiger partial charge is 0.313 e. The first-order valence-corrected chi connectivity index (χ1v) is 6.96. The summed E-state index contributed by atoms with van der Waals surface area (Å²) in [4.78, 5) is 19.1. The number of aliphatic carboxylic acids is 1. The molecule has 0 aliphatic carbocycles. The van der Waals surface area contributed by atoms with Crippen molar-refractivity contribution in [2.45, 2.75) is 5.16 Å². The number of hydrogen-bond acceptors (Lipinski definition) is 4. The summed E-state index contributed by atoms with van der Waals surface area (Å²) in [5, 5.41) is 10.4. The second-order valence-electron chi connectivity index (χ2n) is 4.14. The minimum absolute atomic E-state index is 0.00779. The Balaban J connectivity index is 1.98. The molecule has 0 atom stereocenters. The Hall–Kier alpha value is -2.34. The van der Waals surface area contributed by atoms with Gasteiger partial charge in [-0.1, -0.05) is 17.8 Å². The van der Waals surface area contributed by atoms with Gasteiger partial charge < -0.3 is 5.11 Å². The van der Waals surface area contributed by atoms with Crippen LogP contribution >= 0.6 is 11.8 Å². The lowest BCUT2D eigenvalue weighted by atomic mass is 10.2. The molecule has 1 N–H and O–H groups in total. The largest absolute Gasteiger partial charge is 0.481 e. The molecule has 0 fully saturated rings. The van der Waals surface area contributed by atoms with Crippen molar-refractivity contribution in [3.8, 4) is 5.69 Å². The number of aromatic nitrogens is 3. The molecule has 0 aliphatic heterocycles. The highest BCUT2D eigenvalue weighted by Gasteiger charge is 2.08. The van der Waals surface area contributed by atoms with E-state index in [1.807, 2.05) is 41.1 Å².